The average molecular weight is 219 g/mol. The van der Waals surface area contributed by atoms with Gasteiger partial charge in [0.05, 0.1) is 11.9 Å². The van der Waals surface area contributed by atoms with Crippen molar-refractivity contribution >= 4 is 5.69 Å². The van der Waals surface area contributed by atoms with E-state index in [4.69, 9.17) is 5.73 Å². The molecule has 0 aliphatic heterocycles. The maximum absolute atomic E-state index is 5.95. The summed E-state index contributed by atoms with van der Waals surface area (Å²) in [4.78, 5) is 0. The van der Waals surface area contributed by atoms with Crippen molar-refractivity contribution in [2.45, 2.75) is 26.3 Å². The van der Waals surface area contributed by atoms with Gasteiger partial charge < -0.3 is 5.73 Å². The number of aryl methyl sites for hydroxylation is 1. The molecule has 16 heavy (non-hydrogen) atoms. The van der Waals surface area contributed by atoms with Crippen LogP contribution in [-0.2, 0) is 7.05 Å². The maximum atomic E-state index is 5.95. The smallest absolute Gasteiger partial charge is 0.118 e. The average Bonchev–Trinajstić information content (AvgIpc) is 2.83. The molecule has 2 rings (SSSR count). The Morgan fingerprint density at radius 3 is 2.75 bits per heavy atom. The standard InChI is InChI=1S/C11H17N5/c1-4-8(2)16-7-10(12)11(14-16)9-5-13-15(3)6-9/h5-8H,4,12H2,1-3H3. The van der Waals surface area contributed by atoms with Gasteiger partial charge in [-0.3, -0.25) is 9.36 Å². The molecule has 0 aliphatic rings. The van der Waals surface area contributed by atoms with Gasteiger partial charge in [-0.1, -0.05) is 6.92 Å². The molecule has 0 aromatic carbocycles. The Labute approximate surface area is 94.9 Å². The van der Waals surface area contributed by atoms with Crippen molar-refractivity contribution in [2.75, 3.05) is 5.73 Å². The van der Waals surface area contributed by atoms with Crippen LogP contribution in [0.25, 0.3) is 11.3 Å². The Hall–Kier alpha value is -1.78. The molecule has 0 bridgehead atoms. The molecular formula is C11H17N5. The van der Waals surface area contributed by atoms with Crippen LogP contribution in [0.5, 0.6) is 0 Å². The van der Waals surface area contributed by atoms with E-state index in [-0.39, 0.29) is 0 Å². The van der Waals surface area contributed by atoms with Crippen LogP contribution in [0.2, 0.25) is 0 Å². The van der Waals surface area contributed by atoms with Gasteiger partial charge in [0.2, 0.25) is 0 Å². The lowest BCUT2D eigenvalue weighted by molar-refractivity contribution is 0.479. The van der Waals surface area contributed by atoms with Crippen LogP contribution in [0, 0.1) is 0 Å². The zero-order valence-electron chi connectivity index (χ0n) is 9.88. The maximum Gasteiger partial charge on any atom is 0.118 e. The first kappa shape index (κ1) is 10.7. The summed E-state index contributed by atoms with van der Waals surface area (Å²) in [5.41, 5.74) is 8.43. The van der Waals surface area contributed by atoms with Gasteiger partial charge in [-0.25, -0.2) is 0 Å². The fourth-order valence-electron chi connectivity index (χ4n) is 1.59. The van der Waals surface area contributed by atoms with Crippen LogP contribution in [-0.4, -0.2) is 19.6 Å². The van der Waals surface area contributed by atoms with E-state index in [0.717, 1.165) is 17.7 Å². The zero-order chi connectivity index (χ0) is 11.7. The van der Waals surface area contributed by atoms with E-state index in [2.05, 4.69) is 24.0 Å². The van der Waals surface area contributed by atoms with Gasteiger partial charge in [0, 0.05) is 31.0 Å². The van der Waals surface area contributed by atoms with Gasteiger partial charge in [0.25, 0.3) is 0 Å². The third-order valence-electron chi connectivity index (χ3n) is 2.78. The summed E-state index contributed by atoms with van der Waals surface area (Å²) in [5.74, 6) is 0. The molecule has 0 aliphatic carbocycles. The van der Waals surface area contributed by atoms with Crippen molar-refractivity contribution < 1.29 is 0 Å². The van der Waals surface area contributed by atoms with E-state index >= 15 is 0 Å². The first-order valence-electron chi connectivity index (χ1n) is 5.45. The fourth-order valence-corrected chi connectivity index (χ4v) is 1.59. The Kier molecular flexibility index (Phi) is 2.68. The highest BCUT2D eigenvalue weighted by Crippen LogP contribution is 2.25. The molecule has 0 spiro atoms. The molecular weight excluding hydrogens is 202 g/mol. The third-order valence-corrected chi connectivity index (χ3v) is 2.78. The highest BCUT2D eigenvalue weighted by molar-refractivity contribution is 5.70. The van der Waals surface area contributed by atoms with E-state index < -0.39 is 0 Å². The van der Waals surface area contributed by atoms with E-state index in [1.54, 1.807) is 10.9 Å². The molecule has 1 unspecified atom stereocenters. The number of anilines is 1. The van der Waals surface area contributed by atoms with Gasteiger partial charge in [-0.15, -0.1) is 0 Å². The number of nitrogens with two attached hydrogens (primary N) is 1. The van der Waals surface area contributed by atoms with Crippen LogP contribution < -0.4 is 5.73 Å². The number of hydrogen-bond donors (Lipinski definition) is 1. The van der Waals surface area contributed by atoms with Gasteiger partial charge in [0.1, 0.15) is 5.69 Å². The Bertz CT molecular complexity index is 482. The lowest BCUT2D eigenvalue weighted by Gasteiger charge is -2.07. The second-order valence-electron chi connectivity index (χ2n) is 4.07. The van der Waals surface area contributed by atoms with Gasteiger partial charge in [-0.05, 0) is 13.3 Å². The van der Waals surface area contributed by atoms with Gasteiger partial charge in [-0.2, -0.15) is 10.2 Å². The molecule has 5 nitrogen and oxygen atoms in total. The molecule has 0 saturated carbocycles. The van der Waals surface area contributed by atoms with Crippen LogP contribution in [0.3, 0.4) is 0 Å². The Morgan fingerprint density at radius 1 is 1.44 bits per heavy atom. The second-order valence-corrected chi connectivity index (χ2v) is 4.07. The van der Waals surface area contributed by atoms with E-state index in [1.165, 1.54) is 0 Å². The molecule has 86 valence electrons. The quantitative estimate of drug-likeness (QED) is 0.856. The van der Waals surface area contributed by atoms with E-state index in [1.807, 2.05) is 24.1 Å². The summed E-state index contributed by atoms with van der Waals surface area (Å²) >= 11 is 0. The van der Waals surface area contributed by atoms with Gasteiger partial charge >= 0.3 is 0 Å². The normalized spacial score (nSPS) is 12.9. The Morgan fingerprint density at radius 2 is 2.19 bits per heavy atom. The van der Waals surface area contributed by atoms with E-state index in [0.29, 0.717) is 11.7 Å². The number of aromatic nitrogens is 4. The molecule has 2 aromatic heterocycles. The predicted octanol–water partition coefficient (Wildman–Crippen LogP) is 1.84. The van der Waals surface area contributed by atoms with Crippen molar-refractivity contribution in [1.29, 1.82) is 0 Å². The van der Waals surface area contributed by atoms with Crippen LogP contribution in [0.4, 0.5) is 5.69 Å². The summed E-state index contributed by atoms with van der Waals surface area (Å²) in [6.07, 6.45) is 6.61. The number of nitrogen functional groups attached to an aromatic ring is 1. The van der Waals surface area contributed by atoms with Crippen LogP contribution in [0.15, 0.2) is 18.6 Å². The molecule has 0 fully saturated rings. The Balaban J connectivity index is 2.39. The van der Waals surface area contributed by atoms with Crippen molar-refractivity contribution in [3.8, 4) is 11.3 Å². The third kappa shape index (κ3) is 1.80. The summed E-state index contributed by atoms with van der Waals surface area (Å²) in [7, 11) is 1.88. The first-order chi connectivity index (χ1) is 7.61. The topological polar surface area (TPSA) is 61.7 Å². The summed E-state index contributed by atoms with van der Waals surface area (Å²) in [6.45, 7) is 4.26. The second kappa shape index (κ2) is 4.00. The molecule has 1 atom stereocenters. The number of rotatable bonds is 3. The molecule has 5 heteroatoms. The fraction of sp³-hybridized carbons (Fsp3) is 0.455. The zero-order valence-corrected chi connectivity index (χ0v) is 9.88. The van der Waals surface area contributed by atoms with Crippen LogP contribution >= 0.6 is 0 Å². The monoisotopic (exact) mass is 219 g/mol. The van der Waals surface area contributed by atoms with Crippen molar-refractivity contribution in [1.82, 2.24) is 19.6 Å². The molecule has 2 aromatic rings. The minimum absolute atomic E-state index is 0.368. The summed E-state index contributed by atoms with van der Waals surface area (Å²) in [5, 5.41) is 8.62. The number of hydrogen-bond acceptors (Lipinski definition) is 3. The molecule has 0 radical (unpaired) electrons. The largest absolute Gasteiger partial charge is 0.396 e. The van der Waals surface area contributed by atoms with Crippen molar-refractivity contribution in [3.05, 3.63) is 18.6 Å². The summed E-state index contributed by atoms with van der Waals surface area (Å²) in [6, 6.07) is 0.368. The molecule has 0 amide bonds. The van der Waals surface area contributed by atoms with Crippen LogP contribution in [0.1, 0.15) is 26.3 Å². The highest BCUT2D eigenvalue weighted by atomic mass is 15.3. The lowest BCUT2D eigenvalue weighted by atomic mass is 10.2. The first-order valence-corrected chi connectivity index (χ1v) is 5.45. The van der Waals surface area contributed by atoms with Crippen molar-refractivity contribution in [3.63, 3.8) is 0 Å². The minimum Gasteiger partial charge on any atom is -0.396 e. The minimum atomic E-state index is 0.368. The summed E-state index contributed by atoms with van der Waals surface area (Å²) < 4.78 is 3.66. The van der Waals surface area contributed by atoms with Gasteiger partial charge in [0.15, 0.2) is 0 Å². The molecule has 0 saturated heterocycles. The molecule has 2 heterocycles. The lowest BCUT2D eigenvalue weighted by Crippen LogP contribution is -2.03. The predicted molar refractivity (Wildman–Crippen MR) is 63.8 cm³/mol. The highest BCUT2D eigenvalue weighted by Gasteiger charge is 2.12. The van der Waals surface area contributed by atoms with Crippen molar-refractivity contribution in [2.24, 2.45) is 7.05 Å². The SMILES string of the molecule is CCC(C)n1cc(N)c(-c2cnn(C)c2)n1. The number of nitrogens with zero attached hydrogens (tertiary/aromatic N) is 4. The van der Waals surface area contributed by atoms with E-state index in [9.17, 15) is 0 Å². The molecule has 2 N–H and O–H groups in total.